The van der Waals surface area contributed by atoms with Crippen LogP contribution in [0.5, 0.6) is 11.5 Å². The Bertz CT molecular complexity index is 517. The largest absolute Gasteiger partial charge is 0.508 e. The highest BCUT2D eigenvalue weighted by Gasteiger charge is 2.19. The van der Waals surface area contributed by atoms with Gasteiger partial charge in [0.2, 0.25) is 0 Å². The maximum atomic E-state index is 11.9. The lowest BCUT2D eigenvalue weighted by Crippen LogP contribution is -2.41. The number of carboxylic acid groups (broad SMARTS) is 1. The van der Waals surface area contributed by atoms with Gasteiger partial charge in [-0.3, -0.25) is 4.79 Å². The monoisotopic (exact) mass is 280 g/mol. The predicted octanol–water partition coefficient (Wildman–Crippen LogP) is 0.771. The Morgan fingerprint density at radius 2 is 2.20 bits per heavy atom. The number of carbonyl (C=O) groups excluding carboxylic acids is 1. The van der Waals surface area contributed by atoms with E-state index in [0.717, 1.165) is 5.56 Å². The number of carboxylic acids is 1. The lowest BCUT2D eigenvalue weighted by atomic mass is 10.2. The van der Waals surface area contributed by atoms with Crippen molar-refractivity contribution in [2.24, 2.45) is 0 Å². The number of nitrogens with one attached hydrogen (secondary N) is 1. The normalized spacial score (nSPS) is 13.9. The van der Waals surface area contributed by atoms with E-state index in [1.54, 1.807) is 11.0 Å². The first-order valence-electron chi connectivity index (χ1n) is 6.25. The maximum absolute atomic E-state index is 11.9. The number of nitrogens with zero attached hydrogens (tertiary/aromatic N) is 1. The van der Waals surface area contributed by atoms with E-state index in [1.165, 1.54) is 12.1 Å². The van der Waals surface area contributed by atoms with Gasteiger partial charge >= 0.3 is 12.0 Å². The fourth-order valence-corrected chi connectivity index (χ4v) is 1.92. The molecule has 0 saturated carbocycles. The number of carbonyl (C=O) groups is 2. The molecule has 1 aromatic rings. The number of hydrogen-bond acceptors (Lipinski definition) is 4. The van der Waals surface area contributed by atoms with Gasteiger partial charge in [-0.15, -0.1) is 0 Å². The van der Waals surface area contributed by atoms with Crippen LogP contribution in [0.4, 0.5) is 4.79 Å². The minimum Gasteiger partial charge on any atom is -0.508 e. The number of phenols is 1. The molecule has 1 heterocycles. The molecule has 108 valence electrons. The van der Waals surface area contributed by atoms with E-state index < -0.39 is 5.97 Å². The quantitative estimate of drug-likeness (QED) is 0.759. The van der Waals surface area contributed by atoms with Gasteiger partial charge in [0, 0.05) is 18.2 Å². The molecule has 0 bridgehead atoms. The van der Waals surface area contributed by atoms with Crippen LogP contribution in [0, 0.1) is 0 Å². The number of amides is 2. The second-order valence-corrected chi connectivity index (χ2v) is 4.44. The third-order valence-corrected chi connectivity index (χ3v) is 2.93. The number of hydrogen-bond donors (Lipinski definition) is 3. The molecule has 2 rings (SSSR count). The average Bonchev–Trinajstić information content (AvgIpc) is 2.59. The molecule has 0 atom stereocenters. The van der Waals surface area contributed by atoms with E-state index in [2.05, 4.69) is 5.32 Å². The van der Waals surface area contributed by atoms with Crippen molar-refractivity contribution < 1.29 is 24.5 Å². The molecule has 20 heavy (non-hydrogen) atoms. The number of benzene rings is 1. The van der Waals surface area contributed by atoms with Crippen molar-refractivity contribution in [1.29, 1.82) is 0 Å². The lowest BCUT2D eigenvalue weighted by Gasteiger charge is -2.20. The standard InChI is InChI=1S/C13H16N2O5/c16-10-2-1-9-8-15(5-6-20-11(9)7-10)13(19)14-4-3-12(17)18/h1-2,7,16H,3-6,8H2,(H,14,19)(H,17,18). The number of aromatic hydroxyl groups is 1. The molecule has 1 aliphatic rings. The van der Waals surface area contributed by atoms with Gasteiger partial charge in [-0.1, -0.05) is 0 Å². The van der Waals surface area contributed by atoms with Crippen LogP contribution < -0.4 is 10.1 Å². The molecule has 0 fully saturated rings. The van der Waals surface area contributed by atoms with Crippen molar-refractivity contribution in [1.82, 2.24) is 10.2 Å². The summed E-state index contributed by atoms with van der Waals surface area (Å²) in [7, 11) is 0. The summed E-state index contributed by atoms with van der Waals surface area (Å²) in [5.41, 5.74) is 0.800. The Labute approximate surface area is 115 Å². The molecule has 2 amide bonds. The van der Waals surface area contributed by atoms with Crippen LogP contribution in [-0.2, 0) is 11.3 Å². The van der Waals surface area contributed by atoms with Crippen molar-refractivity contribution >= 4 is 12.0 Å². The summed E-state index contributed by atoms with van der Waals surface area (Å²) < 4.78 is 5.48. The molecular formula is C13H16N2O5. The first-order chi connectivity index (χ1) is 9.56. The lowest BCUT2D eigenvalue weighted by molar-refractivity contribution is -0.136. The van der Waals surface area contributed by atoms with Crippen LogP contribution in [0.15, 0.2) is 18.2 Å². The number of fused-ring (bicyclic) bond motifs is 1. The summed E-state index contributed by atoms with van der Waals surface area (Å²) in [6.45, 7) is 1.17. The van der Waals surface area contributed by atoms with Gasteiger partial charge in [0.05, 0.1) is 19.5 Å². The number of rotatable bonds is 3. The van der Waals surface area contributed by atoms with Crippen LogP contribution >= 0.6 is 0 Å². The Hall–Kier alpha value is -2.44. The molecule has 0 aliphatic carbocycles. The Kier molecular flexibility index (Phi) is 4.29. The fraction of sp³-hybridized carbons (Fsp3) is 0.385. The molecule has 0 radical (unpaired) electrons. The fourth-order valence-electron chi connectivity index (χ4n) is 1.92. The summed E-state index contributed by atoms with van der Waals surface area (Å²) in [5, 5.41) is 20.5. The third-order valence-electron chi connectivity index (χ3n) is 2.93. The first kappa shape index (κ1) is 14.0. The second kappa shape index (κ2) is 6.14. The van der Waals surface area contributed by atoms with E-state index >= 15 is 0 Å². The molecule has 1 aromatic carbocycles. The van der Waals surface area contributed by atoms with Gasteiger partial charge in [-0.2, -0.15) is 0 Å². The van der Waals surface area contributed by atoms with Crippen LogP contribution in [0.1, 0.15) is 12.0 Å². The third kappa shape index (κ3) is 3.53. The van der Waals surface area contributed by atoms with Gasteiger partial charge in [0.15, 0.2) is 0 Å². The van der Waals surface area contributed by atoms with Crippen LogP contribution in [-0.4, -0.2) is 46.8 Å². The SMILES string of the molecule is O=C(O)CCNC(=O)N1CCOc2cc(O)ccc2C1. The molecule has 0 saturated heterocycles. The molecule has 3 N–H and O–H groups in total. The smallest absolute Gasteiger partial charge is 0.317 e. The number of aliphatic carboxylic acids is 1. The number of urea groups is 1. The van der Waals surface area contributed by atoms with Crippen molar-refractivity contribution in [3.05, 3.63) is 23.8 Å². The minimum atomic E-state index is -0.953. The Morgan fingerprint density at radius 1 is 1.40 bits per heavy atom. The average molecular weight is 280 g/mol. The molecule has 7 nitrogen and oxygen atoms in total. The van der Waals surface area contributed by atoms with Crippen LogP contribution in [0.2, 0.25) is 0 Å². The Balaban J connectivity index is 1.98. The Morgan fingerprint density at radius 3 is 2.95 bits per heavy atom. The molecule has 0 unspecified atom stereocenters. The van der Waals surface area contributed by atoms with E-state index in [1.807, 2.05) is 0 Å². The molecule has 0 spiro atoms. The summed E-state index contributed by atoms with van der Waals surface area (Å²) in [4.78, 5) is 23.9. The molecule has 1 aliphatic heterocycles. The second-order valence-electron chi connectivity index (χ2n) is 4.44. The van der Waals surface area contributed by atoms with Gasteiger partial charge in [0.1, 0.15) is 18.1 Å². The zero-order valence-electron chi connectivity index (χ0n) is 10.8. The zero-order valence-corrected chi connectivity index (χ0v) is 10.8. The van der Waals surface area contributed by atoms with Crippen molar-refractivity contribution in [2.45, 2.75) is 13.0 Å². The van der Waals surface area contributed by atoms with Crippen LogP contribution in [0.3, 0.4) is 0 Å². The van der Waals surface area contributed by atoms with Gasteiger partial charge in [0.25, 0.3) is 0 Å². The van der Waals surface area contributed by atoms with Crippen molar-refractivity contribution in [3.63, 3.8) is 0 Å². The van der Waals surface area contributed by atoms with Gasteiger partial charge in [-0.25, -0.2) is 4.79 Å². The maximum Gasteiger partial charge on any atom is 0.317 e. The highest BCUT2D eigenvalue weighted by molar-refractivity contribution is 5.75. The van der Waals surface area contributed by atoms with E-state index in [-0.39, 0.29) is 24.7 Å². The molecular weight excluding hydrogens is 264 g/mol. The van der Waals surface area contributed by atoms with Gasteiger partial charge in [-0.05, 0) is 12.1 Å². The summed E-state index contributed by atoms with van der Waals surface area (Å²) in [6.07, 6.45) is -0.111. The number of ether oxygens (including phenoxy) is 1. The predicted molar refractivity (Wildman–Crippen MR) is 69.7 cm³/mol. The highest BCUT2D eigenvalue weighted by atomic mass is 16.5. The minimum absolute atomic E-state index is 0.0912. The zero-order chi connectivity index (χ0) is 14.5. The summed E-state index contributed by atoms with van der Waals surface area (Å²) in [5.74, 6) is -0.278. The first-order valence-corrected chi connectivity index (χ1v) is 6.25. The molecule has 7 heteroatoms. The van der Waals surface area contributed by atoms with E-state index in [4.69, 9.17) is 9.84 Å². The molecule has 0 aromatic heterocycles. The van der Waals surface area contributed by atoms with E-state index in [9.17, 15) is 14.7 Å². The number of phenolic OH excluding ortho intramolecular Hbond substituents is 1. The summed E-state index contributed by atoms with van der Waals surface area (Å²) in [6, 6.07) is 4.43. The van der Waals surface area contributed by atoms with E-state index in [0.29, 0.717) is 25.4 Å². The van der Waals surface area contributed by atoms with Crippen molar-refractivity contribution in [3.8, 4) is 11.5 Å². The van der Waals surface area contributed by atoms with Crippen molar-refractivity contribution in [2.75, 3.05) is 19.7 Å². The highest BCUT2D eigenvalue weighted by Crippen LogP contribution is 2.27. The van der Waals surface area contributed by atoms with Gasteiger partial charge < -0.3 is 25.2 Å². The van der Waals surface area contributed by atoms with Crippen LogP contribution in [0.25, 0.3) is 0 Å². The topological polar surface area (TPSA) is 99.1 Å². The summed E-state index contributed by atoms with van der Waals surface area (Å²) >= 11 is 0.